The van der Waals surface area contributed by atoms with Crippen molar-refractivity contribution in [1.29, 1.82) is 0 Å². The Kier molecular flexibility index (Phi) is 4.47. The van der Waals surface area contributed by atoms with Gasteiger partial charge in [-0.25, -0.2) is 0 Å². The number of hydrogen-bond donors (Lipinski definition) is 1. The Labute approximate surface area is 126 Å². The third kappa shape index (κ3) is 3.32. The first-order valence-electron chi connectivity index (χ1n) is 7.42. The highest BCUT2D eigenvalue weighted by Crippen LogP contribution is 2.34. The zero-order valence-corrected chi connectivity index (χ0v) is 13.0. The van der Waals surface area contributed by atoms with Crippen molar-refractivity contribution in [3.63, 3.8) is 0 Å². The van der Waals surface area contributed by atoms with E-state index in [2.05, 4.69) is 13.8 Å². The first-order chi connectivity index (χ1) is 9.85. The van der Waals surface area contributed by atoms with E-state index < -0.39 is 6.04 Å². The van der Waals surface area contributed by atoms with Crippen LogP contribution in [0.1, 0.15) is 38.7 Å². The topological polar surface area (TPSA) is 63.4 Å². The van der Waals surface area contributed by atoms with Crippen molar-refractivity contribution in [1.82, 2.24) is 4.90 Å². The predicted octanol–water partition coefficient (Wildman–Crippen LogP) is 1.94. The molecule has 0 aliphatic carbocycles. The SMILES string of the molecule is C[C@H](c1ccccc1)C(N)C(=O)N1CC(C)(C)C[C@H]1C=O. The number of nitrogens with two attached hydrogens (primary N) is 1. The van der Waals surface area contributed by atoms with Gasteiger partial charge in [0, 0.05) is 12.5 Å². The molecule has 1 aliphatic rings. The van der Waals surface area contributed by atoms with Gasteiger partial charge in [0.15, 0.2) is 0 Å². The molecule has 3 atom stereocenters. The highest BCUT2D eigenvalue weighted by Gasteiger charge is 2.42. The van der Waals surface area contributed by atoms with Gasteiger partial charge in [-0.05, 0) is 17.4 Å². The van der Waals surface area contributed by atoms with Gasteiger partial charge in [0.2, 0.25) is 5.91 Å². The number of likely N-dealkylation sites (tertiary alicyclic amines) is 1. The summed E-state index contributed by atoms with van der Waals surface area (Å²) in [4.78, 5) is 25.5. The summed E-state index contributed by atoms with van der Waals surface area (Å²) in [5.41, 5.74) is 7.18. The van der Waals surface area contributed by atoms with Crippen LogP contribution in [0.3, 0.4) is 0 Å². The van der Waals surface area contributed by atoms with Gasteiger partial charge < -0.3 is 15.4 Å². The molecular weight excluding hydrogens is 264 g/mol. The maximum Gasteiger partial charge on any atom is 0.240 e. The molecule has 1 unspecified atom stereocenters. The van der Waals surface area contributed by atoms with Crippen molar-refractivity contribution in [3.05, 3.63) is 35.9 Å². The van der Waals surface area contributed by atoms with Gasteiger partial charge in [0.1, 0.15) is 6.29 Å². The fourth-order valence-corrected chi connectivity index (χ4v) is 3.05. The highest BCUT2D eigenvalue weighted by molar-refractivity contribution is 5.86. The van der Waals surface area contributed by atoms with Crippen LogP contribution < -0.4 is 5.73 Å². The zero-order valence-electron chi connectivity index (χ0n) is 13.0. The van der Waals surface area contributed by atoms with Crippen LogP contribution in [-0.4, -0.2) is 35.7 Å². The van der Waals surface area contributed by atoms with Crippen LogP contribution in [0.5, 0.6) is 0 Å². The summed E-state index contributed by atoms with van der Waals surface area (Å²) in [6, 6.07) is 8.80. The monoisotopic (exact) mass is 288 g/mol. The molecule has 0 aromatic heterocycles. The van der Waals surface area contributed by atoms with Crippen LogP contribution in [0.2, 0.25) is 0 Å². The molecule has 1 aromatic carbocycles. The summed E-state index contributed by atoms with van der Waals surface area (Å²) in [5.74, 6) is -0.205. The third-order valence-electron chi connectivity index (χ3n) is 4.35. The maximum absolute atomic E-state index is 12.7. The van der Waals surface area contributed by atoms with Gasteiger partial charge in [-0.15, -0.1) is 0 Å². The lowest BCUT2D eigenvalue weighted by Crippen LogP contribution is -2.49. The molecule has 1 amide bonds. The lowest BCUT2D eigenvalue weighted by atomic mass is 9.91. The number of hydrogen-bond acceptors (Lipinski definition) is 3. The van der Waals surface area contributed by atoms with Gasteiger partial charge in [-0.1, -0.05) is 51.1 Å². The Bertz CT molecular complexity index is 513. The number of carbonyl (C=O) groups is 2. The molecule has 2 N–H and O–H groups in total. The Morgan fingerprint density at radius 2 is 2.00 bits per heavy atom. The van der Waals surface area contributed by atoms with Crippen LogP contribution in [-0.2, 0) is 9.59 Å². The number of benzene rings is 1. The van der Waals surface area contributed by atoms with E-state index in [-0.39, 0.29) is 23.3 Å². The van der Waals surface area contributed by atoms with Gasteiger partial charge in [0.25, 0.3) is 0 Å². The molecule has 1 heterocycles. The van der Waals surface area contributed by atoms with Gasteiger partial charge >= 0.3 is 0 Å². The van der Waals surface area contributed by atoms with Crippen molar-refractivity contribution < 1.29 is 9.59 Å². The van der Waals surface area contributed by atoms with Crippen molar-refractivity contribution in [3.8, 4) is 0 Å². The zero-order chi connectivity index (χ0) is 15.6. The number of nitrogens with zero attached hydrogens (tertiary/aromatic N) is 1. The average Bonchev–Trinajstić information content (AvgIpc) is 2.81. The summed E-state index contributed by atoms with van der Waals surface area (Å²) >= 11 is 0. The number of carbonyl (C=O) groups excluding carboxylic acids is 2. The minimum absolute atomic E-state index is 0.0308. The van der Waals surface area contributed by atoms with Crippen LogP contribution in [0.15, 0.2) is 30.3 Å². The molecular formula is C17H24N2O2. The molecule has 2 rings (SSSR count). The molecule has 4 heteroatoms. The van der Waals surface area contributed by atoms with E-state index >= 15 is 0 Å². The number of aldehydes is 1. The summed E-state index contributed by atoms with van der Waals surface area (Å²) in [6.07, 6.45) is 1.57. The molecule has 0 spiro atoms. The predicted molar refractivity (Wildman–Crippen MR) is 82.8 cm³/mol. The van der Waals surface area contributed by atoms with Gasteiger partial charge in [-0.3, -0.25) is 4.79 Å². The smallest absolute Gasteiger partial charge is 0.240 e. The van der Waals surface area contributed by atoms with E-state index in [0.717, 1.165) is 11.8 Å². The molecule has 0 radical (unpaired) electrons. The summed E-state index contributed by atoms with van der Waals surface area (Å²) in [6.45, 7) is 6.69. The second-order valence-corrected chi connectivity index (χ2v) is 6.76. The Hall–Kier alpha value is -1.68. The normalized spacial score (nSPS) is 23.6. The summed E-state index contributed by atoms with van der Waals surface area (Å²) in [7, 11) is 0. The van der Waals surface area contributed by atoms with E-state index in [0.29, 0.717) is 13.0 Å². The fourth-order valence-electron chi connectivity index (χ4n) is 3.05. The minimum atomic E-state index is -0.622. The van der Waals surface area contributed by atoms with Crippen LogP contribution >= 0.6 is 0 Å². The molecule has 0 bridgehead atoms. The van der Waals surface area contributed by atoms with Gasteiger partial charge in [0.05, 0.1) is 12.1 Å². The van der Waals surface area contributed by atoms with E-state index in [1.807, 2.05) is 37.3 Å². The summed E-state index contributed by atoms with van der Waals surface area (Å²) < 4.78 is 0. The maximum atomic E-state index is 12.7. The van der Waals surface area contributed by atoms with Crippen LogP contribution in [0.4, 0.5) is 0 Å². The Morgan fingerprint density at radius 3 is 2.57 bits per heavy atom. The van der Waals surface area contributed by atoms with Crippen LogP contribution in [0, 0.1) is 5.41 Å². The fraction of sp³-hybridized carbons (Fsp3) is 0.529. The third-order valence-corrected chi connectivity index (χ3v) is 4.35. The minimum Gasteiger partial charge on any atom is -0.331 e. The van der Waals surface area contributed by atoms with E-state index in [4.69, 9.17) is 5.73 Å². The molecule has 1 saturated heterocycles. The lowest BCUT2D eigenvalue weighted by Gasteiger charge is -2.28. The molecule has 114 valence electrons. The molecule has 1 aromatic rings. The number of amides is 1. The van der Waals surface area contributed by atoms with Crippen molar-refractivity contribution in [2.24, 2.45) is 11.1 Å². The van der Waals surface area contributed by atoms with E-state index in [9.17, 15) is 9.59 Å². The second kappa shape index (κ2) is 5.98. The Morgan fingerprint density at radius 1 is 1.38 bits per heavy atom. The van der Waals surface area contributed by atoms with Crippen molar-refractivity contribution in [2.45, 2.75) is 45.2 Å². The molecule has 1 fully saturated rings. The molecule has 0 saturated carbocycles. The van der Waals surface area contributed by atoms with Gasteiger partial charge in [-0.2, -0.15) is 0 Å². The second-order valence-electron chi connectivity index (χ2n) is 6.76. The molecule has 1 aliphatic heterocycles. The molecule has 21 heavy (non-hydrogen) atoms. The average molecular weight is 288 g/mol. The van der Waals surface area contributed by atoms with Crippen molar-refractivity contribution >= 4 is 12.2 Å². The lowest BCUT2D eigenvalue weighted by molar-refractivity contribution is -0.136. The van der Waals surface area contributed by atoms with E-state index in [1.54, 1.807) is 4.90 Å². The number of rotatable bonds is 4. The van der Waals surface area contributed by atoms with Crippen LogP contribution in [0.25, 0.3) is 0 Å². The Balaban J connectivity index is 2.14. The standard InChI is InChI=1S/C17H24N2O2/c1-12(13-7-5-4-6-8-13)15(18)16(21)19-11-17(2,3)9-14(19)10-20/h4-8,10,12,14-15H,9,11,18H2,1-3H3/t12-,14+,15?/m1/s1. The first kappa shape index (κ1) is 15.7. The first-order valence-corrected chi connectivity index (χ1v) is 7.42. The molecule has 4 nitrogen and oxygen atoms in total. The quantitative estimate of drug-likeness (QED) is 0.861. The van der Waals surface area contributed by atoms with E-state index in [1.165, 1.54) is 0 Å². The summed E-state index contributed by atoms with van der Waals surface area (Å²) in [5, 5.41) is 0. The van der Waals surface area contributed by atoms with Crippen molar-refractivity contribution in [2.75, 3.05) is 6.54 Å². The highest BCUT2D eigenvalue weighted by atomic mass is 16.2. The largest absolute Gasteiger partial charge is 0.331 e.